The molecule has 218 valence electrons. The molecule has 10 nitrogen and oxygen atoms in total. The third-order valence-electron chi connectivity index (χ3n) is 7.70. The molecule has 1 saturated heterocycles. The van der Waals surface area contributed by atoms with Gasteiger partial charge in [-0.1, -0.05) is 43.1 Å². The summed E-state index contributed by atoms with van der Waals surface area (Å²) >= 11 is 5.98. The number of para-hydroxylation sites is 1. The van der Waals surface area contributed by atoms with E-state index >= 15 is 0 Å². The minimum absolute atomic E-state index is 0.0650. The maximum atomic E-state index is 14.2. The molecule has 3 heterocycles. The lowest BCUT2D eigenvalue weighted by molar-refractivity contribution is -0.177. The van der Waals surface area contributed by atoms with E-state index in [0.29, 0.717) is 50.1 Å². The first-order valence-corrected chi connectivity index (χ1v) is 14.8. The van der Waals surface area contributed by atoms with Crippen molar-refractivity contribution < 1.29 is 19.1 Å². The topological polar surface area (TPSA) is 103 Å². The minimum atomic E-state index is -1.09. The number of benzene rings is 2. The largest absolute Gasteiger partial charge is 0.491 e. The Morgan fingerprint density at radius 3 is 2.73 bits per heavy atom. The van der Waals surface area contributed by atoms with E-state index in [1.807, 2.05) is 23.1 Å². The lowest BCUT2D eigenvalue weighted by Crippen LogP contribution is -2.62. The van der Waals surface area contributed by atoms with Crippen molar-refractivity contribution in [2.24, 2.45) is 0 Å². The molecule has 0 saturated carbocycles. The van der Waals surface area contributed by atoms with E-state index in [0.717, 1.165) is 43.4 Å². The van der Waals surface area contributed by atoms with Crippen LogP contribution in [0.2, 0.25) is 5.02 Å². The fourth-order valence-corrected chi connectivity index (χ4v) is 5.55. The van der Waals surface area contributed by atoms with Crippen molar-refractivity contribution in [3.63, 3.8) is 0 Å². The van der Waals surface area contributed by atoms with Gasteiger partial charge in [0.25, 0.3) is 5.91 Å². The highest BCUT2D eigenvalue weighted by Crippen LogP contribution is 2.30. The Morgan fingerprint density at radius 1 is 1.07 bits per heavy atom. The number of halogens is 1. The van der Waals surface area contributed by atoms with E-state index in [1.165, 1.54) is 10.4 Å². The fourth-order valence-electron chi connectivity index (χ4n) is 5.43. The van der Waals surface area contributed by atoms with Gasteiger partial charge in [-0.15, -0.1) is 10.2 Å². The molecule has 0 radical (unpaired) electrons. The van der Waals surface area contributed by atoms with Crippen molar-refractivity contribution in [1.82, 2.24) is 30.0 Å². The summed E-state index contributed by atoms with van der Waals surface area (Å²) in [5, 5.41) is 13.2. The standard InChI is InChI=1S/C30H37ClN6O4/c1-2-3-16-35-17-19-40-26-10-5-4-8-23(26)9-6-7-15-30(29(35)39)22-36(18-20-41-30)27(38)21-37-33-28(32-34-37)24-11-13-25(31)14-12-24/h4-5,8,10-14H,2-3,6-7,9,15-22H2,1H3. The zero-order valence-corrected chi connectivity index (χ0v) is 24.3. The molecule has 1 unspecified atom stereocenters. The number of nitrogens with zero attached hydrogens (tertiary/aromatic N) is 6. The van der Waals surface area contributed by atoms with Gasteiger partial charge in [-0.05, 0) is 73.2 Å². The van der Waals surface area contributed by atoms with Crippen LogP contribution in [0.3, 0.4) is 0 Å². The number of aromatic nitrogens is 4. The maximum absolute atomic E-state index is 14.2. The van der Waals surface area contributed by atoms with Crippen molar-refractivity contribution in [1.29, 1.82) is 0 Å². The van der Waals surface area contributed by atoms with Crippen molar-refractivity contribution >= 4 is 23.4 Å². The third kappa shape index (κ3) is 7.05. The van der Waals surface area contributed by atoms with Crippen LogP contribution < -0.4 is 4.74 Å². The average molecular weight is 581 g/mol. The van der Waals surface area contributed by atoms with E-state index < -0.39 is 5.60 Å². The molecule has 41 heavy (non-hydrogen) atoms. The van der Waals surface area contributed by atoms with Crippen LogP contribution >= 0.6 is 11.6 Å². The van der Waals surface area contributed by atoms with E-state index in [1.54, 1.807) is 29.2 Å². The fraction of sp³-hybridized carbons (Fsp3) is 0.500. The summed E-state index contributed by atoms with van der Waals surface area (Å²) in [5.74, 6) is 1.06. The molecule has 1 aromatic heterocycles. The Labute approximate surface area is 245 Å². The first kappa shape index (κ1) is 29.0. The number of carbonyl (C=O) groups is 2. The van der Waals surface area contributed by atoms with Crippen LogP contribution in [0.4, 0.5) is 0 Å². The Morgan fingerprint density at radius 2 is 1.90 bits per heavy atom. The highest BCUT2D eigenvalue weighted by molar-refractivity contribution is 6.30. The molecule has 0 aliphatic carbocycles. The van der Waals surface area contributed by atoms with Gasteiger partial charge in [-0.3, -0.25) is 9.59 Å². The van der Waals surface area contributed by atoms with E-state index in [4.69, 9.17) is 21.1 Å². The third-order valence-corrected chi connectivity index (χ3v) is 7.95. The summed E-state index contributed by atoms with van der Waals surface area (Å²) in [6.07, 6.45) is 4.93. The second kappa shape index (κ2) is 13.4. The Balaban J connectivity index is 1.31. The zero-order valence-electron chi connectivity index (χ0n) is 23.5. The van der Waals surface area contributed by atoms with Crippen molar-refractivity contribution in [3.05, 3.63) is 59.1 Å². The van der Waals surface area contributed by atoms with Crippen LogP contribution in [0.15, 0.2) is 48.5 Å². The van der Waals surface area contributed by atoms with Gasteiger partial charge in [0.05, 0.1) is 19.7 Å². The maximum Gasteiger partial charge on any atom is 0.256 e. The van der Waals surface area contributed by atoms with E-state index in [9.17, 15) is 9.59 Å². The van der Waals surface area contributed by atoms with Crippen LogP contribution in [0.25, 0.3) is 11.4 Å². The Kier molecular flexibility index (Phi) is 9.51. The minimum Gasteiger partial charge on any atom is -0.491 e. The van der Waals surface area contributed by atoms with Gasteiger partial charge < -0.3 is 19.3 Å². The number of fused-ring (bicyclic) bond motifs is 1. The Bertz CT molecular complexity index is 1330. The summed E-state index contributed by atoms with van der Waals surface area (Å²) in [6.45, 7) is 4.41. The molecule has 2 amide bonds. The lowest BCUT2D eigenvalue weighted by atomic mass is 9.90. The molecule has 2 aromatic carbocycles. The summed E-state index contributed by atoms with van der Waals surface area (Å²) in [4.78, 5) is 32.5. The monoisotopic (exact) mass is 580 g/mol. The van der Waals surface area contributed by atoms with Crippen molar-refractivity contribution in [2.75, 3.05) is 39.4 Å². The predicted octanol–water partition coefficient (Wildman–Crippen LogP) is 4.03. The molecule has 0 bridgehead atoms. The molecule has 1 atom stereocenters. The van der Waals surface area contributed by atoms with Crippen molar-refractivity contribution in [2.45, 2.75) is 57.6 Å². The van der Waals surface area contributed by atoms with Crippen LogP contribution in [0.5, 0.6) is 5.75 Å². The zero-order chi connectivity index (χ0) is 28.7. The molecule has 11 heteroatoms. The highest BCUT2D eigenvalue weighted by Gasteiger charge is 2.46. The number of hydrogen-bond acceptors (Lipinski definition) is 7. The number of unbranched alkanes of at least 4 members (excludes halogenated alkanes) is 1. The molecule has 1 spiro atoms. The van der Waals surface area contributed by atoms with Crippen LogP contribution in [0, 0.1) is 0 Å². The van der Waals surface area contributed by atoms with Gasteiger partial charge in [0.1, 0.15) is 18.9 Å². The van der Waals surface area contributed by atoms with E-state index in [-0.39, 0.29) is 24.9 Å². The first-order chi connectivity index (χ1) is 20.0. The molecular weight excluding hydrogens is 544 g/mol. The average Bonchev–Trinajstić information content (AvgIpc) is 3.45. The summed E-state index contributed by atoms with van der Waals surface area (Å²) in [6, 6.07) is 15.2. The molecular formula is C30H37ClN6O4. The normalized spacial score (nSPS) is 20.2. The number of rotatable bonds is 6. The number of morpholine rings is 1. The number of tetrazole rings is 1. The van der Waals surface area contributed by atoms with Gasteiger partial charge in [0, 0.05) is 23.7 Å². The van der Waals surface area contributed by atoms with Crippen LogP contribution in [-0.4, -0.2) is 86.8 Å². The quantitative estimate of drug-likeness (QED) is 0.434. The van der Waals surface area contributed by atoms with Gasteiger partial charge in [0.15, 0.2) is 5.60 Å². The number of amides is 2. The second-order valence-corrected chi connectivity index (χ2v) is 11.1. The molecule has 3 aromatic rings. The lowest BCUT2D eigenvalue weighted by Gasteiger charge is -2.44. The van der Waals surface area contributed by atoms with Crippen LogP contribution in [-0.2, 0) is 27.3 Å². The second-order valence-electron chi connectivity index (χ2n) is 10.6. The van der Waals surface area contributed by atoms with Gasteiger partial charge in [-0.2, -0.15) is 4.80 Å². The molecule has 0 N–H and O–H groups in total. The number of ether oxygens (including phenoxy) is 2. The van der Waals surface area contributed by atoms with E-state index in [2.05, 4.69) is 28.4 Å². The van der Waals surface area contributed by atoms with Gasteiger partial charge in [0.2, 0.25) is 11.7 Å². The van der Waals surface area contributed by atoms with Crippen molar-refractivity contribution in [3.8, 4) is 17.1 Å². The predicted molar refractivity (Wildman–Crippen MR) is 155 cm³/mol. The first-order valence-electron chi connectivity index (χ1n) is 14.4. The number of carbonyl (C=O) groups excluding carboxylic acids is 2. The van der Waals surface area contributed by atoms with Gasteiger partial charge in [-0.25, -0.2) is 0 Å². The highest BCUT2D eigenvalue weighted by atomic mass is 35.5. The summed E-state index contributed by atoms with van der Waals surface area (Å²) < 4.78 is 12.4. The molecule has 2 aliphatic heterocycles. The summed E-state index contributed by atoms with van der Waals surface area (Å²) in [7, 11) is 0. The summed E-state index contributed by atoms with van der Waals surface area (Å²) in [5.41, 5.74) is 0.842. The molecule has 1 fully saturated rings. The van der Waals surface area contributed by atoms with Gasteiger partial charge >= 0.3 is 0 Å². The molecule has 2 aliphatic rings. The smallest absolute Gasteiger partial charge is 0.256 e. The SMILES string of the molecule is CCCCN1CCOc2ccccc2CCCCC2(CN(C(=O)Cn3nnc(-c4ccc(Cl)cc4)n3)CCO2)C1=O. The number of hydrogen-bond donors (Lipinski definition) is 0. The molecule has 5 rings (SSSR count). The Hall–Kier alpha value is -3.50. The number of aryl methyl sites for hydroxylation is 1. The van der Waals surface area contributed by atoms with Crippen LogP contribution in [0.1, 0.15) is 44.6 Å².